The van der Waals surface area contributed by atoms with E-state index in [0.717, 1.165) is 0 Å². The summed E-state index contributed by atoms with van der Waals surface area (Å²) in [6, 6.07) is 6.02. The van der Waals surface area contributed by atoms with Crippen LogP contribution >= 0.6 is 0 Å². The molecule has 0 heterocycles. The van der Waals surface area contributed by atoms with E-state index >= 15 is 0 Å². The molecule has 0 saturated heterocycles. The third-order valence-corrected chi connectivity index (χ3v) is 1.88. The summed E-state index contributed by atoms with van der Waals surface area (Å²) in [5, 5.41) is 11.9. The number of carbonyl (C=O) groups is 1. The Balaban J connectivity index is 2.83. The molecule has 0 atom stereocenters. The molecular weight excluding hydrogens is 248 g/mol. The van der Waals surface area contributed by atoms with Crippen molar-refractivity contribution in [2.75, 3.05) is 6.61 Å². The van der Waals surface area contributed by atoms with Crippen LogP contribution in [0.4, 0.5) is 8.78 Å². The first-order valence-electron chi connectivity index (χ1n) is 4.93. The molecule has 0 spiro atoms. The molecule has 0 bridgehead atoms. The molecule has 0 aliphatic rings. The summed E-state index contributed by atoms with van der Waals surface area (Å²) in [7, 11) is 0. The fourth-order valence-electron chi connectivity index (χ4n) is 1.20. The number of nitrogens with zero attached hydrogens (tertiary/aromatic N) is 1. The number of rotatable bonds is 6. The van der Waals surface area contributed by atoms with E-state index in [4.69, 9.17) is 5.11 Å². The molecule has 0 unspecified atom stereocenters. The number of halogens is 2. The minimum atomic E-state index is -2.95. The Morgan fingerprint density at radius 2 is 2.11 bits per heavy atom. The molecule has 0 saturated carbocycles. The van der Waals surface area contributed by atoms with Crippen molar-refractivity contribution in [1.82, 2.24) is 0 Å². The number of ether oxygens (including phenoxy) is 1. The fourth-order valence-corrected chi connectivity index (χ4v) is 1.20. The van der Waals surface area contributed by atoms with Crippen LogP contribution in [0.5, 0.6) is 5.75 Å². The second kappa shape index (κ2) is 6.53. The second-order valence-electron chi connectivity index (χ2n) is 3.22. The van der Waals surface area contributed by atoms with E-state index < -0.39 is 19.2 Å². The highest BCUT2D eigenvalue weighted by Crippen LogP contribution is 2.21. The van der Waals surface area contributed by atoms with Crippen molar-refractivity contribution in [3.63, 3.8) is 0 Å². The Morgan fingerprint density at radius 1 is 1.44 bits per heavy atom. The monoisotopic (exact) mass is 259 g/mol. The SMILES string of the molecule is CC(=NOCC(=O)O)c1ccccc1OC(F)F. The molecule has 0 aliphatic carbocycles. The number of para-hydroxylation sites is 1. The fraction of sp³-hybridized carbons (Fsp3) is 0.273. The van der Waals surface area contributed by atoms with Crippen LogP contribution in [-0.2, 0) is 9.63 Å². The van der Waals surface area contributed by atoms with E-state index in [1.807, 2.05) is 0 Å². The standard InChI is InChI=1S/C11H11F2NO4/c1-7(14-17-6-10(15)16)8-4-2-3-5-9(8)18-11(12)13/h2-5,11H,6H2,1H3,(H,15,16). The normalized spacial score (nSPS) is 11.4. The Labute approximate surface area is 102 Å². The average molecular weight is 259 g/mol. The summed E-state index contributed by atoms with van der Waals surface area (Å²) in [5.41, 5.74) is 0.552. The highest BCUT2D eigenvalue weighted by Gasteiger charge is 2.11. The van der Waals surface area contributed by atoms with Gasteiger partial charge in [0.25, 0.3) is 0 Å². The Hall–Kier alpha value is -2.18. The van der Waals surface area contributed by atoms with E-state index in [1.54, 1.807) is 6.07 Å². The maximum atomic E-state index is 12.2. The molecule has 7 heteroatoms. The van der Waals surface area contributed by atoms with Crippen molar-refractivity contribution >= 4 is 11.7 Å². The van der Waals surface area contributed by atoms with E-state index in [9.17, 15) is 13.6 Å². The van der Waals surface area contributed by atoms with Crippen LogP contribution in [-0.4, -0.2) is 30.0 Å². The summed E-state index contributed by atoms with van der Waals surface area (Å²) in [6.07, 6.45) is 0. The molecule has 0 aromatic heterocycles. The minimum Gasteiger partial charge on any atom is -0.479 e. The van der Waals surface area contributed by atoms with Crippen molar-refractivity contribution in [3.8, 4) is 5.75 Å². The highest BCUT2D eigenvalue weighted by atomic mass is 19.3. The number of carboxylic acids is 1. The van der Waals surface area contributed by atoms with E-state index in [2.05, 4.69) is 14.7 Å². The summed E-state index contributed by atoms with van der Waals surface area (Å²) in [4.78, 5) is 14.7. The molecule has 1 rings (SSSR count). The smallest absolute Gasteiger partial charge is 0.387 e. The van der Waals surface area contributed by atoms with Crippen LogP contribution in [0.2, 0.25) is 0 Å². The molecule has 0 aliphatic heterocycles. The first-order valence-corrected chi connectivity index (χ1v) is 4.93. The zero-order valence-electron chi connectivity index (χ0n) is 9.47. The van der Waals surface area contributed by atoms with Crippen LogP contribution in [0.3, 0.4) is 0 Å². The van der Waals surface area contributed by atoms with Gasteiger partial charge in [-0.3, -0.25) is 0 Å². The van der Waals surface area contributed by atoms with Gasteiger partial charge < -0.3 is 14.7 Å². The predicted molar refractivity (Wildman–Crippen MR) is 58.9 cm³/mol. The Bertz CT molecular complexity index is 448. The van der Waals surface area contributed by atoms with Crippen LogP contribution in [0, 0.1) is 0 Å². The molecule has 18 heavy (non-hydrogen) atoms. The van der Waals surface area contributed by atoms with Gasteiger partial charge in [-0.1, -0.05) is 17.3 Å². The zero-order valence-corrected chi connectivity index (χ0v) is 9.47. The molecule has 98 valence electrons. The van der Waals surface area contributed by atoms with Gasteiger partial charge in [0.15, 0.2) is 0 Å². The van der Waals surface area contributed by atoms with Crippen molar-refractivity contribution in [2.45, 2.75) is 13.5 Å². The van der Waals surface area contributed by atoms with Gasteiger partial charge in [-0.2, -0.15) is 8.78 Å². The zero-order chi connectivity index (χ0) is 13.5. The molecule has 1 aromatic carbocycles. The number of hydrogen-bond acceptors (Lipinski definition) is 4. The maximum Gasteiger partial charge on any atom is 0.387 e. The summed E-state index contributed by atoms with van der Waals surface area (Å²) >= 11 is 0. The van der Waals surface area contributed by atoms with Gasteiger partial charge in [0.05, 0.1) is 5.71 Å². The molecule has 0 fully saturated rings. The number of carboxylic acid groups (broad SMARTS) is 1. The quantitative estimate of drug-likeness (QED) is 0.627. The molecule has 1 N–H and O–H groups in total. The van der Waals surface area contributed by atoms with Crippen molar-refractivity contribution in [3.05, 3.63) is 29.8 Å². The maximum absolute atomic E-state index is 12.2. The Kier molecular flexibility index (Phi) is 5.04. The van der Waals surface area contributed by atoms with E-state index in [0.29, 0.717) is 5.56 Å². The number of benzene rings is 1. The van der Waals surface area contributed by atoms with Crippen LogP contribution in [0.15, 0.2) is 29.4 Å². The van der Waals surface area contributed by atoms with Gasteiger partial charge in [-0.05, 0) is 19.1 Å². The van der Waals surface area contributed by atoms with Gasteiger partial charge in [-0.25, -0.2) is 4.79 Å². The lowest BCUT2D eigenvalue weighted by Crippen LogP contribution is -2.08. The molecule has 5 nitrogen and oxygen atoms in total. The van der Waals surface area contributed by atoms with Crippen molar-refractivity contribution in [1.29, 1.82) is 0 Å². The lowest BCUT2D eigenvalue weighted by atomic mass is 10.1. The number of aliphatic carboxylic acids is 1. The topological polar surface area (TPSA) is 68.1 Å². The number of alkyl halides is 2. The highest BCUT2D eigenvalue weighted by molar-refractivity contribution is 6.00. The summed E-state index contributed by atoms with van der Waals surface area (Å²) in [5.74, 6) is -1.23. The largest absolute Gasteiger partial charge is 0.479 e. The third kappa shape index (κ3) is 4.36. The van der Waals surface area contributed by atoms with Crippen molar-refractivity contribution in [2.24, 2.45) is 5.16 Å². The summed E-state index contributed by atoms with van der Waals surface area (Å²) < 4.78 is 28.6. The Morgan fingerprint density at radius 3 is 2.72 bits per heavy atom. The first-order chi connectivity index (χ1) is 8.50. The van der Waals surface area contributed by atoms with Crippen LogP contribution in [0.25, 0.3) is 0 Å². The second-order valence-corrected chi connectivity index (χ2v) is 3.22. The molecule has 0 radical (unpaired) electrons. The first kappa shape index (κ1) is 13.9. The van der Waals surface area contributed by atoms with Gasteiger partial charge in [0, 0.05) is 5.56 Å². The predicted octanol–water partition coefficient (Wildman–Crippen LogP) is 2.11. The van der Waals surface area contributed by atoms with Crippen LogP contribution < -0.4 is 4.74 Å². The van der Waals surface area contributed by atoms with Gasteiger partial charge in [0.2, 0.25) is 6.61 Å². The third-order valence-electron chi connectivity index (χ3n) is 1.88. The minimum absolute atomic E-state index is 0.0484. The van der Waals surface area contributed by atoms with Gasteiger partial charge in [-0.15, -0.1) is 0 Å². The average Bonchev–Trinajstić information content (AvgIpc) is 2.28. The number of hydrogen-bond donors (Lipinski definition) is 1. The van der Waals surface area contributed by atoms with Gasteiger partial charge in [0.1, 0.15) is 5.75 Å². The van der Waals surface area contributed by atoms with E-state index in [1.165, 1.54) is 25.1 Å². The lowest BCUT2D eigenvalue weighted by molar-refractivity contribution is -0.142. The molecular formula is C11H11F2NO4. The molecule has 0 amide bonds. The van der Waals surface area contributed by atoms with Crippen LogP contribution in [0.1, 0.15) is 12.5 Å². The van der Waals surface area contributed by atoms with Gasteiger partial charge >= 0.3 is 12.6 Å². The number of oxime groups is 1. The van der Waals surface area contributed by atoms with E-state index in [-0.39, 0.29) is 11.5 Å². The molecule has 1 aromatic rings. The summed E-state index contributed by atoms with van der Waals surface area (Å²) in [6.45, 7) is -2.05. The lowest BCUT2D eigenvalue weighted by Gasteiger charge is -2.09. The van der Waals surface area contributed by atoms with Crippen molar-refractivity contribution < 1.29 is 28.3 Å².